The minimum absolute atomic E-state index is 0.251. The van der Waals surface area contributed by atoms with Gasteiger partial charge in [-0.15, -0.1) is 0 Å². The molecule has 2 unspecified atom stereocenters. The quantitative estimate of drug-likeness (QED) is 0.812. The maximum absolute atomic E-state index is 9.51. The average Bonchev–Trinajstić information content (AvgIpc) is 2.14. The molecular weight excluding hydrogens is 196 g/mol. The zero-order valence-corrected chi connectivity index (χ0v) is 9.46. The van der Waals surface area contributed by atoms with Gasteiger partial charge in [0.15, 0.2) is 0 Å². The molecule has 0 radical (unpaired) electrons. The van der Waals surface area contributed by atoms with Gasteiger partial charge in [0.25, 0.3) is 0 Å². The van der Waals surface area contributed by atoms with Gasteiger partial charge in [0.1, 0.15) is 0 Å². The highest BCUT2D eigenvalue weighted by Gasteiger charge is 2.13. The normalized spacial score (nSPS) is 15.1. The first-order chi connectivity index (χ1) is 6.63. The molecule has 1 aromatic carbocycles. The third-order valence-corrected chi connectivity index (χ3v) is 2.83. The van der Waals surface area contributed by atoms with Gasteiger partial charge in [-0.25, -0.2) is 0 Å². The number of rotatable bonds is 4. The van der Waals surface area contributed by atoms with Gasteiger partial charge in [0.05, 0.1) is 6.10 Å². The Hall–Kier alpha value is -0.530. The van der Waals surface area contributed by atoms with Crippen LogP contribution in [0, 0.1) is 5.92 Å². The molecule has 14 heavy (non-hydrogen) atoms. The highest BCUT2D eigenvalue weighted by molar-refractivity contribution is 6.30. The smallest absolute Gasteiger partial charge is 0.0543 e. The van der Waals surface area contributed by atoms with Crippen molar-refractivity contribution in [3.63, 3.8) is 0 Å². The van der Waals surface area contributed by atoms with Gasteiger partial charge in [-0.1, -0.05) is 37.1 Å². The van der Waals surface area contributed by atoms with Crippen LogP contribution >= 0.6 is 11.6 Å². The van der Waals surface area contributed by atoms with E-state index >= 15 is 0 Å². The first-order valence-corrected chi connectivity index (χ1v) is 5.43. The summed E-state index contributed by atoms with van der Waals surface area (Å²) in [6.07, 6.45) is 1.64. The van der Waals surface area contributed by atoms with E-state index in [-0.39, 0.29) is 6.10 Å². The van der Waals surface area contributed by atoms with Gasteiger partial charge < -0.3 is 5.11 Å². The third kappa shape index (κ3) is 3.32. The van der Waals surface area contributed by atoms with E-state index in [0.29, 0.717) is 5.92 Å². The van der Waals surface area contributed by atoms with Gasteiger partial charge in [0.2, 0.25) is 0 Å². The molecule has 2 atom stereocenters. The minimum atomic E-state index is -0.251. The first-order valence-electron chi connectivity index (χ1n) is 5.06. The fourth-order valence-corrected chi connectivity index (χ4v) is 1.84. The molecule has 2 heteroatoms. The lowest BCUT2D eigenvalue weighted by atomic mass is 9.93. The lowest BCUT2D eigenvalue weighted by molar-refractivity contribution is 0.123. The van der Waals surface area contributed by atoms with E-state index in [4.69, 9.17) is 11.6 Å². The number of hydrogen-bond acceptors (Lipinski definition) is 1. The largest absolute Gasteiger partial charge is 0.393 e. The summed E-state index contributed by atoms with van der Waals surface area (Å²) in [7, 11) is 0. The van der Waals surface area contributed by atoms with Crippen LogP contribution in [0.15, 0.2) is 24.3 Å². The van der Waals surface area contributed by atoms with E-state index in [1.54, 1.807) is 0 Å². The van der Waals surface area contributed by atoms with Gasteiger partial charge >= 0.3 is 0 Å². The molecule has 0 fully saturated rings. The van der Waals surface area contributed by atoms with Crippen LogP contribution in [0.4, 0.5) is 0 Å². The molecule has 0 aromatic heterocycles. The molecule has 1 N–H and O–H groups in total. The second-order valence-electron chi connectivity index (χ2n) is 3.74. The number of halogens is 1. The maximum Gasteiger partial charge on any atom is 0.0543 e. The molecule has 0 aliphatic heterocycles. The molecule has 1 aromatic rings. The minimum Gasteiger partial charge on any atom is -0.393 e. The van der Waals surface area contributed by atoms with Crippen LogP contribution in [0.25, 0.3) is 0 Å². The van der Waals surface area contributed by atoms with Crippen molar-refractivity contribution in [2.24, 2.45) is 5.92 Å². The Morgan fingerprint density at radius 2 is 2.14 bits per heavy atom. The summed E-state index contributed by atoms with van der Waals surface area (Å²) >= 11 is 5.89. The number of aliphatic hydroxyl groups is 1. The maximum atomic E-state index is 9.51. The second kappa shape index (κ2) is 5.38. The van der Waals surface area contributed by atoms with Crippen molar-refractivity contribution in [2.45, 2.75) is 32.8 Å². The van der Waals surface area contributed by atoms with Gasteiger partial charge in [-0.3, -0.25) is 0 Å². The Labute approximate surface area is 90.7 Å². The summed E-state index contributed by atoms with van der Waals surface area (Å²) in [6, 6.07) is 7.84. The van der Waals surface area contributed by atoms with Gasteiger partial charge in [-0.05, 0) is 37.0 Å². The highest BCUT2D eigenvalue weighted by Crippen LogP contribution is 2.18. The Morgan fingerprint density at radius 1 is 1.43 bits per heavy atom. The van der Waals surface area contributed by atoms with Crippen LogP contribution < -0.4 is 0 Å². The molecule has 1 nitrogen and oxygen atoms in total. The zero-order valence-electron chi connectivity index (χ0n) is 8.70. The lowest BCUT2D eigenvalue weighted by Gasteiger charge is -2.17. The summed E-state index contributed by atoms with van der Waals surface area (Å²) in [5.41, 5.74) is 1.20. The fourth-order valence-electron chi connectivity index (χ4n) is 1.62. The van der Waals surface area contributed by atoms with Crippen LogP contribution in [0.2, 0.25) is 5.02 Å². The highest BCUT2D eigenvalue weighted by atomic mass is 35.5. The molecule has 0 saturated carbocycles. The standard InChI is InChI=1S/C12H17ClO/c1-3-11(9(2)14)7-10-5-4-6-12(13)8-10/h4-6,8-9,11,14H,3,7H2,1-2H3. The van der Waals surface area contributed by atoms with E-state index in [0.717, 1.165) is 17.9 Å². The number of hydrogen-bond donors (Lipinski definition) is 1. The number of benzene rings is 1. The molecular formula is C12H17ClO. The summed E-state index contributed by atoms with van der Waals surface area (Å²) in [5, 5.41) is 10.3. The predicted molar refractivity (Wildman–Crippen MR) is 60.6 cm³/mol. The van der Waals surface area contributed by atoms with Crippen molar-refractivity contribution in [1.82, 2.24) is 0 Å². The SMILES string of the molecule is CCC(Cc1cccc(Cl)c1)C(C)O. The molecule has 0 amide bonds. The Bertz CT molecular complexity index is 283. The molecule has 0 saturated heterocycles. The summed E-state index contributed by atoms with van der Waals surface area (Å²) < 4.78 is 0. The van der Waals surface area contributed by atoms with Crippen molar-refractivity contribution >= 4 is 11.6 Å². The first kappa shape index (κ1) is 11.5. The van der Waals surface area contributed by atoms with Crippen molar-refractivity contribution in [3.8, 4) is 0 Å². The van der Waals surface area contributed by atoms with Crippen molar-refractivity contribution < 1.29 is 5.11 Å². The van der Waals surface area contributed by atoms with Crippen molar-refractivity contribution in [1.29, 1.82) is 0 Å². The topological polar surface area (TPSA) is 20.2 Å². The van der Waals surface area contributed by atoms with Crippen LogP contribution in [-0.4, -0.2) is 11.2 Å². The molecule has 1 rings (SSSR count). The predicted octanol–water partition coefficient (Wildman–Crippen LogP) is 3.29. The lowest BCUT2D eigenvalue weighted by Crippen LogP contribution is -2.18. The Balaban J connectivity index is 2.67. The van der Waals surface area contributed by atoms with Crippen LogP contribution in [0.1, 0.15) is 25.8 Å². The molecule has 0 aliphatic carbocycles. The fraction of sp³-hybridized carbons (Fsp3) is 0.500. The van der Waals surface area contributed by atoms with E-state index in [1.807, 2.05) is 25.1 Å². The molecule has 78 valence electrons. The summed E-state index contributed by atoms with van der Waals surface area (Å²) in [4.78, 5) is 0. The monoisotopic (exact) mass is 212 g/mol. The third-order valence-electron chi connectivity index (χ3n) is 2.59. The average molecular weight is 213 g/mol. The Kier molecular flexibility index (Phi) is 4.43. The van der Waals surface area contributed by atoms with E-state index in [1.165, 1.54) is 5.56 Å². The molecule has 0 spiro atoms. The van der Waals surface area contributed by atoms with E-state index < -0.39 is 0 Å². The zero-order chi connectivity index (χ0) is 10.6. The summed E-state index contributed by atoms with van der Waals surface area (Å²) in [6.45, 7) is 3.95. The van der Waals surface area contributed by atoms with E-state index in [9.17, 15) is 5.11 Å². The second-order valence-corrected chi connectivity index (χ2v) is 4.18. The van der Waals surface area contributed by atoms with Crippen molar-refractivity contribution in [2.75, 3.05) is 0 Å². The Morgan fingerprint density at radius 3 is 2.64 bits per heavy atom. The molecule has 0 heterocycles. The van der Waals surface area contributed by atoms with Crippen LogP contribution in [0.3, 0.4) is 0 Å². The van der Waals surface area contributed by atoms with Gasteiger partial charge in [-0.2, -0.15) is 0 Å². The van der Waals surface area contributed by atoms with Gasteiger partial charge in [0, 0.05) is 5.02 Å². The number of aliphatic hydroxyl groups excluding tert-OH is 1. The van der Waals surface area contributed by atoms with Crippen LogP contribution in [-0.2, 0) is 6.42 Å². The molecule has 0 aliphatic rings. The summed E-state index contributed by atoms with van der Waals surface area (Å²) in [5.74, 6) is 0.327. The van der Waals surface area contributed by atoms with Crippen molar-refractivity contribution in [3.05, 3.63) is 34.9 Å². The van der Waals surface area contributed by atoms with Crippen LogP contribution in [0.5, 0.6) is 0 Å². The molecule has 0 bridgehead atoms. The van der Waals surface area contributed by atoms with E-state index in [2.05, 4.69) is 13.0 Å².